The summed E-state index contributed by atoms with van der Waals surface area (Å²) in [5, 5.41) is 5.84. The van der Waals surface area contributed by atoms with Crippen LogP contribution >= 0.6 is 11.3 Å². The molecule has 3 rings (SSSR count). The minimum absolute atomic E-state index is 0.264. The average molecular weight is 335 g/mol. The summed E-state index contributed by atoms with van der Waals surface area (Å²) in [6.07, 6.45) is 0.624. The lowest BCUT2D eigenvalue weighted by Crippen LogP contribution is -2.28. The number of aryl methyl sites for hydroxylation is 1. The monoisotopic (exact) mass is 335 g/mol. The summed E-state index contributed by atoms with van der Waals surface area (Å²) in [4.78, 5) is 24.7. The summed E-state index contributed by atoms with van der Waals surface area (Å²) in [6.45, 7) is 3.09. The number of carbonyl (C=O) groups is 2. The molecule has 3 amide bonds. The van der Waals surface area contributed by atoms with Gasteiger partial charge in [0.15, 0.2) is 0 Å². The second-order valence-corrected chi connectivity index (χ2v) is 6.30. The predicted octanol–water partition coefficient (Wildman–Crippen LogP) is 2.14. The number of rotatable bonds is 4. The standard InChI is InChI=1S/C15H17N3O4S/c1-8-2-3-9(22-8)6-17-15(20)18-14-12(13(16)19)10-4-5-21-7-11(10)23-14/h2-3H,4-7H2,1H3,(H2,16,19)(H2,17,18,20). The topological polar surface area (TPSA) is 107 Å². The van der Waals surface area contributed by atoms with E-state index in [4.69, 9.17) is 14.9 Å². The van der Waals surface area contributed by atoms with Gasteiger partial charge in [-0.3, -0.25) is 10.1 Å². The van der Waals surface area contributed by atoms with E-state index in [1.165, 1.54) is 11.3 Å². The van der Waals surface area contributed by atoms with Gasteiger partial charge in [-0.05, 0) is 31.0 Å². The van der Waals surface area contributed by atoms with E-state index in [2.05, 4.69) is 10.6 Å². The van der Waals surface area contributed by atoms with Crippen molar-refractivity contribution >= 4 is 28.3 Å². The number of nitrogens with one attached hydrogen (secondary N) is 2. The number of hydrogen-bond donors (Lipinski definition) is 3. The number of anilines is 1. The largest absolute Gasteiger partial charge is 0.465 e. The van der Waals surface area contributed by atoms with Crippen LogP contribution in [0.2, 0.25) is 0 Å². The molecule has 0 unspecified atom stereocenters. The van der Waals surface area contributed by atoms with Crippen molar-refractivity contribution in [3.05, 3.63) is 39.7 Å². The number of primary amides is 1. The van der Waals surface area contributed by atoms with E-state index in [1.807, 2.05) is 13.0 Å². The van der Waals surface area contributed by atoms with Crippen LogP contribution < -0.4 is 16.4 Å². The van der Waals surface area contributed by atoms with Crippen LogP contribution in [0.4, 0.5) is 9.80 Å². The Morgan fingerprint density at radius 3 is 2.91 bits per heavy atom. The van der Waals surface area contributed by atoms with Gasteiger partial charge in [0, 0.05) is 4.88 Å². The van der Waals surface area contributed by atoms with Gasteiger partial charge in [0.2, 0.25) is 0 Å². The fourth-order valence-corrected chi connectivity index (χ4v) is 3.66. The molecule has 0 saturated heterocycles. The molecule has 1 aliphatic rings. The highest BCUT2D eigenvalue weighted by molar-refractivity contribution is 7.17. The quantitative estimate of drug-likeness (QED) is 0.795. The molecule has 122 valence electrons. The number of ether oxygens (including phenoxy) is 1. The van der Waals surface area contributed by atoms with Crippen LogP contribution in [0, 0.1) is 6.92 Å². The van der Waals surface area contributed by atoms with E-state index in [0.717, 1.165) is 16.2 Å². The number of carbonyl (C=O) groups excluding carboxylic acids is 2. The molecule has 2 aromatic heterocycles. The molecule has 0 aromatic carbocycles. The van der Waals surface area contributed by atoms with Crippen molar-refractivity contribution in [2.45, 2.75) is 26.5 Å². The number of hydrogen-bond acceptors (Lipinski definition) is 5. The van der Waals surface area contributed by atoms with Gasteiger partial charge in [-0.1, -0.05) is 0 Å². The number of thiophene rings is 1. The van der Waals surface area contributed by atoms with Crippen molar-refractivity contribution in [3.63, 3.8) is 0 Å². The molecule has 0 saturated carbocycles. The van der Waals surface area contributed by atoms with E-state index < -0.39 is 11.9 Å². The molecule has 7 nitrogen and oxygen atoms in total. The van der Waals surface area contributed by atoms with Crippen molar-refractivity contribution < 1.29 is 18.7 Å². The second-order valence-electron chi connectivity index (χ2n) is 5.19. The number of amides is 3. The van der Waals surface area contributed by atoms with Crippen LogP contribution in [0.3, 0.4) is 0 Å². The summed E-state index contributed by atoms with van der Waals surface area (Å²) in [5.74, 6) is 0.900. The molecule has 0 fully saturated rings. The molecule has 0 spiro atoms. The lowest BCUT2D eigenvalue weighted by molar-refractivity contribution is 0.0991. The maximum atomic E-state index is 12.0. The van der Waals surface area contributed by atoms with Crippen molar-refractivity contribution in [1.82, 2.24) is 5.32 Å². The third kappa shape index (κ3) is 3.38. The number of nitrogens with two attached hydrogens (primary N) is 1. The SMILES string of the molecule is Cc1ccc(CNC(=O)Nc2sc3c(c2C(N)=O)CCOC3)o1. The molecule has 0 atom stereocenters. The van der Waals surface area contributed by atoms with Gasteiger partial charge >= 0.3 is 6.03 Å². The fourth-order valence-electron chi connectivity index (χ4n) is 2.48. The van der Waals surface area contributed by atoms with Gasteiger partial charge in [0.1, 0.15) is 16.5 Å². The molecular formula is C15H17N3O4S. The molecule has 1 aliphatic heterocycles. The Balaban J connectivity index is 1.70. The van der Waals surface area contributed by atoms with Crippen LogP contribution in [-0.2, 0) is 24.3 Å². The van der Waals surface area contributed by atoms with Crippen LogP contribution in [0.1, 0.15) is 32.3 Å². The zero-order valence-electron chi connectivity index (χ0n) is 12.6. The molecule has 4 N–H and O–H groups in total. The highest BCUT2D eigenvalue weighted by Gasteiger charge is 2.25. The number of fused-ring (bicyclic) bond motifs is 1. The normalized spacial score (nSPS) is 13.4. The van der Waals surface area contributed by atoms with Crippen LogP contribution in [0.25, 0.3) is 0 Å². The first-order chi connectivity index (χ1) is 11.0. The lowest BCUT2D eigenvalue weighted by atomic mass is 10.1. The van der Waals surface area contributed by atoms with Gasteiger partial charge in [-0.25, -0.2) is 4.79 Å². The average Bonchev–Trinajstić information content (AvgIpc) is 3.08. The van der Waals surface area contributed by atoms with Crippen LogP contribution in [-0.4, -0.2) is 18.5 Å². The van der Waals surface area contributed by atoms with E-state index in [9.17, 15) is 9.59 Å². The van der Waals surface area contributed by atoms with Gasteiger partial charge in [0.25, 0.3) is 5.91 Å². The van der Waals surface area contributed by atoms with Gasteiger partial charge < -0.3 is 20.2 Å². The van der Waals surface area contributed by atoms with E-state index in [0.29, 0.717) is 36.0 Å². The Hall–Kier alpha value is -2.32. The maximum absolute atomic E-state index is 12.0. The first-order valence-electron chi connectivity index (χ1n) is 7.17. The molecule has 0 aliphatic carbocycles. The zero-order chi connectivity index (χ0) is 16.4. The Morgan fingerprint density at radius 2 is 2.22 bits per heavy atom. The van der Waals surface area contributed by atoms with E-state index in [1.54, 1.807) is 6.07 Å². The highest BCUT2D eigenvalue weighted by Crippen LogP contribution is 2.36. The summed E-state index contributed by atoms with van der Waals surface area (Å²) >= 11 is 1.32. The summed E-state index contributed by atoms with van der Waals surface area (Å²) in [6, 6.07) is 3.21. The van der Waals surface area contributed by atoms with Crippen molar-refractivity contribution in [2.24, 2.45) is 5.73 Å². The molecular weight excluding hydrogens is 318 g/mol. The third-order valence-corrected chi connectivity index (χ3v) is 4.63. The van der Waals surface area contributed by atoms with Crippen LogP contribution in [0.5, 0.6) is 0 Å². The predicted molar refractivity (Wildman–Crippen MR) is 85.5 cm³/mol. The van der Waals surface area contributed by atoms with Crippen LogP contribution in [0.15, 0.2) is 16.5 Å². The zero-order valence-corrected chi connectivity index (χ0v) is 13.4. The molecule has 0 bridgehead atoms. The number of furan rings is 1. The lowest BCUT2D eigenvalue weighted by Gasteiger charge is -2.12. The van der Waals surface area contributed by atoms with E-state index >= 15 is 0 Å². The van der Waals surface area contributed by atoms with Gasteiger partial charge in [-0.2, -0.15) is 0 Å². The van der Waals surface area contributed by atoms with Gasteiger partial charge in [-0.15, -0.1) is 11.3 Å². The Morgan fingerprint density at radius 1 is 1.39 bits per heavy atom. The van der Waals surface area contributed by atoms with E-state index in [-0.39, 0.29) is 6.54 Å². The number of urea groups is 1. The fraction of sp³-hybridized carbons (Fsp3) is 0.333. The first-order valence-corrected chi connectivity index (χ1v) is 7.98. The minimum atomic E-state index is -0.540. The molecule has 3 heterocycles. The van der Waals surface area contributed by atoms with Crippen molar-refractivity contribution in [3.8, 4) is 0 Å². The molecule has 23 heavy (non-hydrogen) atoms. The highest BCUT2D eigenvalue weighted by atomic mass is 32.1. The summed E-state index contributed by atoms with van der Waals surface area (Å²) in [7, 11) is 0. The molecule has 0 radical (unpaired) electrons. The molecule has 8 heteroatoms. The smallest absolute Gasteiger partial charge is 0.320 e. The van der Waals surface area contributed by atoms with Crippen molar-refractivity contribution in [2.75, 3.05) is 11.9 Å². The second kappa shape index (κ2) is 6.43. The summed E-state index contributed by atoms with van der Waals surface area (Å²) < 4.78 is 10.8. The minimum Gasteiger partial charge on any atom is -0.465 e. The van der Waals surface area contributed by atoms with Gasteiger partial charge in [0.05, 0.1) is 25.3 Å². The Kier molecular flexibility index (Phi) is 4.35. The third-order valence-electron chi connectivity index (χ3n) is 3.51. The van der Waals surface area contributed by atoms with Crippen molar-refractivity contribution in [1.29, 1.82) is 0 Å². The summed E-state index contributed by atoms with van der Waals surface area (Å²) in [5.41, 5.74) is 6.73. The Bertz CT molecular complexity index is 750. The molecule has 2 aromatic rings. The maximum Gasteiger partial charge on any atom is 0.320 e. The first kappa shape index (κ1) is 15.6. The Labute approximate surface area is 136 Å².